The molecule has 1 N–H and O–H groups in total. The van der Waals surface area contributed by atoms with Crippen LogP contribution in [0.2, 0.25) is 0 Å². The molecule has 0 radical (unpaired) electrons. The van der Waals surface area contributed by atoms with E-state index in [4.69, 9.17) is 0 Å². The summed E-state index contributed by atoms with van der Waals surface area (Å²) in [7, 11) is 0. The van der Waals surface area contributed by atoms with Crippen molar-refractivity contribution < 1.29 is 0 Å². The summed E-state index contributed by atoms with van der Waals surface area (Å²) >= 11 is 0. The molecule has 0 heterocycles. The molecule has 0 rings (SSSR count). The molecular weight excluding hydrogens is 196 g/mol. The van der Waals surface area contributed by atoms with Crippen LogP contribution in [0, 0.1) is 11.3 Å². The Morgan fingerprint density at radius 1 is 1.06 bits per heavy atom. The zero-order valence-corrected chi connectivity index (χ0v) is 12.4. The molecule has 0 amide bonds. The second kappa shape index (κ2) is 7.29. The van der Waals surface area contributed by atoms with Crippen LogP contribution in [0.5, 0.6) is 0 Å². The van der Waals surface area contributed by atoms with Gasteiger partial charge in [-0.3, -0.25) is 0 Å². The first-order valence-electron chi connectivity index (χ1n) is 6.76. The van der Waals surface area contributed by atoms with Crippen LogP contribution < -0.4 is 5.32 Å². The van der Waals surface area contributed by atoms with Crippen molar-refractivity contribution in [1.82, 2.24) is 10.2 Å². The average molecular weight is 228 g/mol. The molecule has 2 heteroatoms. The first-order valence-corrected chi connectivity index (χ1v) is 6.76. The molecule has 0 bridgehead atoms. The van der Waals surface area contributed by atoms with Gasteiger partial charge in [-0.1, -0.05) is 48.5 Å². The number of nitrogens with zero attached hydrogens (tertiary/aromatic N) is 1. The molecule has 2 nitrogen and oxygen atoms in total. The second-order valence-corrected chi connectivity index (χ2v) is 6.22. The molecule has 0 saturated carbocycles. The standard InChI is InChI=1S/C14H32N2/c1-8-15-13(14(5,6)7)11-16(9-2)10-12(3)4/h12-13,15H,8-11H2,1-7H3. The van der Waals surface area contributed by atoms with Gasteiger partial charge < -0.3 is 10.2 Å². The molecule has 16 heavy (non-hydrogen) atoms. The van der Waals surface area contributed by atoms with E-state index in [9.17, 15) is 0 Å². The molecule has 0 aliphatic rings. The number of nitrogens with one attached hydrogen (secondary N) is 1. The Kier molecular flexibility index (Phi) is 7.25. The SMILES string of the molecule is CCNC(CN(CC)CC(C)C)C(C)(C)C. The van der Waals surface area contributed by atoms with Gasteiger partial charge in [0, 0.05) is 19.1 Å². The smallest absolute Gasteiger partial charge is 0.0243 e. The van der Waals surface area contributed by atoms with Gasteiger partial charge in [0.05, 0.1) is 0 Å². The molecule has 1 atom stereocenters. The van der Waals surface area contributed by atoms with Crippen molar-refractivity contribution in [2.45, 2.75) is 54.5 Å². The fraction of sp³-hybridized carbons (Fsp3) is 1.00. The number of hydrogen-bond donors (Lipinski definition) is 1. The Bertz CT molecular complexity index is 170. The first kappa shape index (κ1) is 15.9. The molecule has 0 spiro atoms. The number of likely N-dealkylation sites (N-methyl/N-ethyl adjacent to an activating group) is 2. The lowest BCUT2D eigenvalue weighted by molar-refractivity contribution is 0.167. The van der Waals surface area contributed by atoms with Gasteiger partial charge in [-0.15, -0.1) is 0 Å². The van der Waals surface area contributed by atoms with Gasteiger partial charge in [0.15, 0.2) is 0 Å². The van der Waals surface area contributed by atoms with Crippen LogP contribution in [0.15, 0.2) is 0 Å². The molecule has 1 unspecified atom stereocenters. The summed E-state index contributed by atoms with van der Waals surface area (Å²) in [5.74, 6) is 0.752. The van der Waals surface area contributed by atoms with Gasteiger partial charge in [0.1, 0.15) is 0 Å². The number of rotatable bonds is 7. The predicted molar refractivity (Wildman–Crippen MR) is 73.9 cm³/mol. The number of hydrogen-bond acceptors (Lipinski definition) is 2. The summed E-state index contributed by atoms with van der Waals surface area (Å²) in [4.78, 5) is 2.56. The minimum absolute atomic E-state index is 0.334. The van der Waals surface area contributed by atoms with Crippen LogP contribution in [0.3, 0.4) is 0 Å². The van der Waals surface area contributed by atoms with E-state index >= 15 is 0 Å². The molecule has 0 aromatic rings. The quantitative estimate of drug-likeness (QED) is 0.720. The highest BCUT2D eigenvalue weighted by Gasteiger charge is 2.25. The molecule has 0 aliphatic heterocycles. The van der Waals surface area contributed by atoms with Crippen molar-refractivity contribution in [3.63, 3.8) is 0 Å². The monoisotopic (exact) mass is 228 g/mol. The van der Waals surface area contributed by atoms with Gasteiger partial charge in [0.25, 0.3) is 0 Å². The van der Waals surface area contributed by atoms with Gasteiger partial charge in [-0.05, 0) is 24.4 Å². The van der Waals surface area contributed by atoms with E-state index in [-0.39, 0.29) is 0 Å². The summed E-state index contributed by atoms with van der Waals surface area (Å²) in [6.07, 6.45) is 0. The van der Waals surface area contributed by atoms with Crippen LogP contribution in [-0.2, 0) is 0 Å². The van der Waals surface area contributed by atoms with Crippen LogP contribution >= 0.6 is 0 Å². The lowest BCUT2D eigenvalue weighted by atomic mass is 9.86. The van der Waals surface area contributed by atoms with Crippen molar-refractivity contribution in [3.8, 4) is 0 Å². The zero-order valence-electron chi connectivity index (χ0n) is 12.4. The van der Waals surface area contributed by atoms with Crippen LogP contribution in [0.1, 0.15) is 48.5 Å². The van der Waals surface area contributed by atoms with Crippen molar-refractivity contribution in [1.29, 1.82) is 0 Å². The molecular formula is C14H32N2. The molecule has 0 fully saturated rings. The summed E-state index contributed by atoms with van der Waals surface area (Å²) in [6, 6.07) is 0.580. The third-order valence-electron chi connectivity index (χ3n) is 3.01. The largest absolute Gasteiger partial charge is 0.312 e. The Labute approximate surface area is 103 Å². The average Bonchev–Trinajstić information content (AvgIpc) is 2.13. The van der Waals surface area contributed by atoms with Gasteiger partial charge in [-0.2, -0.15) is 0 Å². The van der Waals surface area contributed by atoms with Gasteiger partial charge in [-0.25, -0.2) is 0 Å². The normalized spacial score (nSPS) is 14.8. The van der Waals surface area contributed by atoms with Crippen LogP contribution in [0.25, 0.3) is 0 Å². The van der Waals surface area contributed by atoms with Gasteiger partial charge >= 0.3 is 0 Å². The second-order valence-electron chi connectivity index (χ2n) is 6.22. The maximum Gasteiger partial charge on any atom is 0.0243 e. The molecule has 0 aliphatic carbocycles. The van der Waals surface area contributed by atoms with Crippen molar-refractivity contribution in [2.24, 2.45) is 11.3 Å². The highest BCUT2D eigenvalue weighted by molar-refractivity contribution is 4.83. The van der Waals surface area contributed by atoms with Crippen LogP contribution in [-0.4, -0.2) is 37.1 Å². The summed E-state index contributed by atoms with van der Waals surface area (Å²) < 4.78 is 0. The third kappa shape index (κ3) is 6.49. The Hall–Kier alpha value is -0.0800. The lowest BCUT2D eigenvalue weighted by Gasteiger charge is -2.36. The molecule has 98 valence electrons. The van der Waals surface area contributed by atoms with E-state index in [1.807, 2.05) is 0 Å². The van der Waals surface area contributed by atoms with Crippen molar-refractivity contribution in [2.75, 3.05) is 26.2 Å². The van der Waals surface area contributed by atoms with E-state index in [0.717, 1.165) is 25.6 Å². The topological polar surface area (TPSA) is 15.3 Å². The maximum atomic E-state index is 3.62. The van der Waals surface area contributed by atoms with Crippen molar-refractivity contribution >= 4 is 0 Å². The van der Waals surface area contributed by atoms with E-state index in [1.165, 1.54) is 6.54 Å². The Morgan fingerprint density at radius 3 is 1.94 bits per heavy atom. The minimum atomic E-state index is 0.334. The maximum absolute atomic E-state index is 3.62. The highest BCUT2D eigenvalue weighted by Crippen LogP contribution is 2.20. The van der Waals surface area contributed by atoms with E-state index in [2.05, 4.69) is 58.7 Å². The van der Waals surface area contributed by atoms with Crippen molar-refractivity contribution in [3.05, 3.63) is 0 Å². The third-order valence-corrected chi connectivity index (χ3v) is 3.01. The molecule has 0 aromatic carbocycles. The summed E-state index contributed by atoms with van der Waals surface area (Å²) in [5.41, 5.74) is 0.334. The van der Waals surface area contributed by atoms with E-state index in [1.54, 1.807) is 0 Å². The van der Waals surface area contributed by atoms with Gasteiger partial charge in [0.2, 0.25) is 0 Å². The lowest BCUT2D eigenvalue weighted by Crippen LogP contribution is -2.49. The first-order chi connectivity index (χ1) is 7.31. The Balaban J connectivity index is 4.35. The van der Waals surface area contributed by atoms with E-state index in [0.29, 0.717) is 11.5 Å². The van der Waals surface area contributed by atoms with Crippen LogP contribution in [0.4, 0.5) is 0 Å². The fourth-order valence-corrected chi connectivity index (χ4v) is 2.00. The summed E-state index contributed by atoms with van der Waals surface area (Å²) in [6.45, 7) is 20.6. The fourth-order valence-electron chi connectivity index (χ4n) is 2.00. The zero-order chi connectivity index (χ0) is 12.8. The molecule has 0 saturated heterocycles. The Morgan fingerprint density at radius 2 is 1.62 bits per heavy atom. The molecule has 0 aromatic heterocycles. The minimum Gasteiger partial charge on any atom is -0.312 e. The highest BCUT2D eigenvalue weighted by atomic mass is 15.1. The predicted octanol–water partition coefficient (Wildman–Crippen LogP) is 2.99. The van der Waals surface area contributed by atoms with E-state index < -0.39 is 0 Å². The summed E-state index contributed by atoms with van der Waals surface area (Å²) in [5, 5.41) is 3.62.